The summed E-state index contributed by atoms with van der Waals surface area (Å²) in [5, 5.41) is 0.871. The largest absolute Gasteiger partial charge is 0.440 e. The Kier molecular flexibility index (Phi) is 3.69. The van der Waals surface area contributed by atoms with E-state index in [4.69, 9.17) is 4.74 Å². The summed E-state index contributed by atoms with van der Waals surface area (Å²) in [6, 6.07) is 14.2. The minimum Gasteiger partial charge on any atom is -0.440 e. The Morgan fingerprint density at radius 1 is 0.920 bits per heavy atom. The van der Waals surface area contributed by atoms with Crippen molar-refractivity contribution in [3.63, 3.8) is 0 Å². The third-order valence-electron chi connectivity index (χ3n) is 4.02. The third kappa shape index (κ3) is 2.85. The minimum atomic E-state index is -0.369. The Hall–Kier alpha value is -3.21. The summed E-state index contributed by atoms with van der Waals surface area (Å²) in [7, 11) is 0. The van der Waals surface area contributed by atoms with Crippen LogP contribution in [0.2, 0.25) is 0 Å². The van der Waals surface area contributed by atoms with Gasteiger partial charge in [-0.25, -0.2) is 8.78 Å². The Labute approximate surface area is 143 Å². The van der Waals surface area contributed by atoms with Crippen LogP contribution in [0.3, 0.4) is 0 Å². The van der Waals surface area contributed by atoms with E-state index < -0.39 is 0 Å². The summed E-state index contributed by atoms with van der Waals surface area (Å²) in [6.07, 6.45) is 3.40. The number of nitrogens with zero attached hydrogens (tertiary/aromatic N) is 2. The fourth-order valence-corrected chi connectivity index (χ4v) is 2.76. The van der Waals surface area contributed by atoms with Crippen molar-refractivity contribution < 1.29 is 13.5 Å². The second kappa shape index (κ2) is 6.02. The molecule has 0 aliphatic heterocycles. The molecule has 0 bridgehead atoms. The number of rotatable bonds is 3. The van der Waals surface area contributed by atoms with Crippen LogP contribution in [0.4, 0.5) is 8.78 Å². The minimum absolute atomic E-state index is 0.315. The first-order chi connectivity index (χ1) is 12.1. The second-order valence-electron chi connectivity index (χ2n) is 5.74. The maximum Gasteiger partial charge on any atom is 0.205 e. The summed E-state index contributed by atoms with van der Waals surface area (Å²) in [5.74, 6) is 0.250. The van der Waals surface area contributed by atoms with Crippen molar-refractivity contribution in [2.45, 2.75) is 6.92 Å². The van der Waals surface area contributed by atoms with Gasteiger partial charge in [-0.3, -0.25) is 9.55 Å². The highest BCUT2D eigenvalue weighted by molar-refractivity contribution is 5.83. The Morgan fingerprint density at radius 3 is 2.48 bits per heavy atom. The molecule has 2 aromatic carbocycles. The van der Waals surface area contributed by atoms with Crippen molar-refractivity contribution in [1.82, 2.24) is 9.55 Å². The monoisotopic (exact) mass is 336 g/mol. The van der Waals surface area contributed by atoms with Crippen LogP contribution in [0.1, 0.15) is 5.56 Å². The molecule has 25 heavy (non-hydrogen) atoms. The zero-order valence-corrected chi connectivity index (χ0v) is 13.4. The fourth-order valence-electron chi connectivity index (χ4n) is 2.76. The highest BCUT2D eigenvalue weighted by Crippen LogP contribution is 2.33. The summed E-state index contributed by atoms with van der Waals surface area (Å²) in [5.41, 5.74) is 2.42. The average molecular weight is 336 g/mol. The van der Waals surface area contributed by atoms with Gasteiger partial charge in [-0.2, -0.15) is 0 Å². The number of ether oxygens (including phenoxy) is 1. The maximum absolute atomic E-state index is 13.6. The maximum atomic E-state index is 13.6. The van der Waals surface area contributed by atoms with Crippen LogP contribution in [0.15, 0.2) is 67.0 Å². The van der Waals surface area contributed by atoms with Crippen LogP contribution < -0.4 is 4.74 Å². The first-order valence-corrected chi connectivity index (χ1v) is 7.77. The Bertz CT molecular complexity index is 1060. The van der Waals surface area contributed by atoms with Gasteiger partial charge in [0.2, 0.25) is 5.88 Å². The van der Waals surface area contributed by atoms with Gasteiger partial charge in [0.1, 0.15) is 17.4 Å². The van der Waals surface area contributed by atoms with E-state index in [-0.39, 0.29) is 11.6 Å². The van der Waals surface area contributed by atoms with E-state index in [0.29, 0.717) is 11.6 Å². The van der Waals surface area contributed by atoms with Gasteiger partial charge in [-0.1, -0.05) is 6.07 Å². The van der Waals surface area contributed by atoms with Crippen LogP contribution >= 0.6 is 0 Å². The van der Waals surface area contributed by atoms with E-state index in [2.05, 4.69) is 4.98 Å². The van der Waals surface area contributed by atoms with Crippen molar-refractivity contribution >= 4 is 10.9 Å². The Balaban J connectivity index is 1.90. The molecule has 0 aliphatic carbocycles. The van der Waals surface area contributed by atoms with Crippen molar-refractivity contribution in [3.8, 4) is 17.3 Å². The van der Waals surface area contributed by atoms with Gasteiger partial charge in [-0.05, 0) is 48.9 Å². The molecular formula is C20H14F2N2O. The summed E-state index contributed by atoms with van der Waals surface area (Å²) >= 11 is 0. The lowest BCUT2D eigenvalue weighted by molar-refractivity contribution is 0.447. The lowest BCUT2D eigenvalue weighted by Crippen LogP contribution is -1.98. The van der Waals surface area contributed by atoms with Crippen molar-refractivity contribution in [1.29, 1.82) is 0 Å². The van der Waals surface area contributed by atoms with Crippen molar-refractivity contribution in [3.05, 3.63) is 84.2 Å². The molecule has 0 amide bonds. The molecule has 0 N–H and O–H groups in total. The number of aryl methyl sites for hydroxylation is 1. The smallest absolute Gasteiger partial charge is 0.205 e. The van der Waals surface area contributed by atoms with E-state index >= 15 is 0 Å². The lowest BCUT2D eigenvalue weighted by atomic mass is 10.2. The molecule has 4 aromatic rings. The SMILES string of the molecule is Cc1ccc(F)cc1Oc1cc2cnccc2n1-c1ccc(F)cc1. The highest BCUT2D eigenvalue weighted by atomic mass is 19.1. The molecule has 4 rings (SSSR count). The van der Waals surface area contributed by atoms with E-state index in [9.17, 15) is 8.78 Å². The molecule has 0 spiro atoms. The van der Waals surface area contributed by atoms with Gasteiger partial charge < -0.3 is 4.74 Å². The van der Waals surface area contributed by atoms with Gasteiger partial charge in [-0.15, -0.1) is 0 Å². The van der Waals surface area contributed by atoms with E-state index in [1.807, 2.05) is 23.6 Å². The van der Waals surface area contributed by atoms with Gasteiger partial charge >= 0.3 is 0 Å². The highest BCUT2D eigenvalue weighted by Gasteiger charge is 2.14. The summed E-state index contributed by atoms with van der Waals surface area (Å²) < 4.78 is 34.7. The molecule has 3 nitrogen and oxygen atoms in total. The third-order valence-corrected chi connectivity index (χ3v) is 4.02. The fraction of sp³-hybridized carbons (Fsp3) is 0.0500. The van der Waals surface area contributed by atoms with E-state index in [0.717, 1.165) is 22.2 Å². The predicted octanol–water partition coefficient (Wildman–Crippen LogP) is 5.40. The summed E-state index contributed by atoms with van der Waals surface area (Å²) in [4.78, 5) is 4.12. The van der Waals surface area contributed by atoms with Gasteiger partial charge in [0, 0.05) is 35.6 Å². The number of hydrogen-bond donors (Lipinski definition) is 0. The van der Waals surface area contributed by atoms with Crippen LogP contribution in [-0.2, 0) is 0 Å². The van der Waals surface area contributed by atoms with Gasteiger partial charge in [0.25, 0.3) is 0 Å². The molecular weight excluding hydrogens is 322 g/mol. The zero-order chi connectivity index (χ0) is 17.4. The van der Waals surface area contributed by atoms with E-state index in [1.165, 1.54) is 24.3 Å². The number of aromatic nitrogens is 2. The number of pyridine rings is 1. The number of fused-ring (bicyclic) bond motifs is 1. The lowest BCUT2D eigenvalue weighted by Gasteiger charge is -2.13. The molecule has 0 fully saturated rings. The standard InChI is InChI=1S/C20H14F2N2O/c1-13-2-3-16(22)11-19(13)25-20-10-14-12-23-9-8-18(14)24(20)17-6-4-15(21)5-7-17/h2-12H,1H3. The van der Waals surface area contributed by atoms with Crippen LogP contribution in [0.5, 0.6) is 11.6 Å². The molecule has 2 aromatic heterocycles. The molecule has 0 radical (unpaired) electrons. The molecule has 5 heteroatoms. The molecule has 0 atom stereocenters. The second-order valence-corrected chi connectivity index (χ2v) is 5.74. The first-order valence-electron chi connectivity index (χ1n) is 7.77. The number of benzene rings is 2. The molecule has 0 saturated heterocycles. The predicted molar refractivity (Wildman–Crippen MR) is 92.2 cm³/mol. The van der Waals surface area contributed by atoms with Gasteiger partial charge in [0.15, 0.2) is 0 Å². The summed E-state index contributed by atoms with van der Waals surface area (Å²) in [6.45, 7) is 1.85. The molecule has 124 valence electrons. The van der Waals surface area contributed by atoms with E-state index in [1.54, 1.807) is 30.6 Å². The van der Waals surface area contributed by atoms with Crippen LogP contribution in [0.25, 0.3) is 16.6 Å². The number of hydrogen-bond acceptors (Lipinski definition) is 2. The van der Waals surface area contributed by atoms with Crippen molar-refractivity contribution in [2.24, 2.45) is 0 Å². The molecule has 0 aliphatic rings. The first kappa shape index (κ1) is 15.3. The zero-order valence-electron chi connectivity index (χ0n) is 13.4. The van der Waals surface area contributed by atoms with Crippen molar-refractivity contribution in [2.75, 3.05) is 0 Å². The van der Waals surface area contributed by atoms with Crippen LogP contribution in [0, 0.1) is 18.6 Å². The van der Waals surface area contributed by atoms with Crippen LogP contribution in [-0.4, -0.2) is 9.55 Å². The average Bonchev–Trinajstić information content (AvgIpc) is 2.97. The molecule has 2 heterocycles. The molecule has 0 saturated carbocycles. The van der Waals surface area contributed by atoms with Gasteiger partial charge in [0.05, 0.1) is 5.52 Å². The quantitative estimate of drug-likeness (QED) is 0.500. The Morgan fingerprint density at radius 2 is 1.68 bits per heavy atom. The normalized spacial score (nSPS) is 11.0. The number of halogens is 2. The topological polar surface area (TPSA) is 27.1 Å². The molecule has 0 unspecified atom stereocenters.